The molecule has 0 fully saturated rings. The van der Waals surface area contributed by atoms with E-state index in [1.807, 2.05) is 0 Å². The van der Waals surface area contributed by atoms with Crippen LogP contribution in [0.3, 0.4) is 0 Å². The highest BCUT2D eigenvalue weighted by atomic mass is 16.3. The summed E-state index contributed by atoms with van der Waals surface area (Å²) in [5, 5.41) is 38.4. The van der Waals surface area contributed by atoms with E-state index in [-0.39, 0.29) is 55.4 Å². The first kappa shape index (κ1) is 18.8. The Kier molecular flexibility index (Phi) is 5.66. The second-order valence-corrected chi connectivity index (χ2v) is 5.84. The van der Waals surface area contributed by atoms with Gasteiger partial charge in [0.1, 0.15) is 11.5 Å². The van der Waals surface area contributed by atoms with Crippen LogP contribution in [0.2, 0.25) is 0 Å². The minimum absolute atomic E-state index is 0.0362. The van der Waals surface area contributed by atoms with Gasteiger partial charge in [0.2, 0.25) is 0 Å². The fourth-order valence-electron chi connectivity index (χ4n) is 2.86. The first-order valence-electron chi connectivity index (χ1n) is 7.88. The van der Waals surface area contributed by atoms with Crippen molar-refractivity contribution >= 4 is 0 Å². The summed E-state index contributed by atoms with van der Waals surface area (Å²) in [6, 6.07) is 2.76. The largest absolute Gasteiger partial charge is 0.507 e. The lowest BCUT2D eigenvalue weighted by atomic mass is 10.0. The number of aliphatic hydroxyl groups is 2. The molecule has 8 heteroatoms. The maximum absolute atomic E-state index is 12.6. The van der Waals surface area contributed by atoms with Crippen molar-refractivity contribution in [3.8, 4) is 11.5 Å². The highest BCUT2D eigenvalue weighted by Crippen LogP contribution is 2.22. The van der Waals surface area contributed by atoms with E-state index < -0.39 is 11.1 Å². The molecule has 0 bridgehead atoms. The van der Waals surface area contributed by atoms with Gasteiger partial charge in [0.05, 0.1) is 24.3 Å². The Morgan fingerprint density at radius 2 is 1.16 bits per heavy atom. The van der Waals surface area contributed by atoms with Crippen molar-refractivity contribution < 1.29 is 20.4 Å². The third-order valence-electron chi connectivity index (χ3n) is 4.17. The Hall–Kier alpha value is -2.58. The minimum Gasteiger partial charge on any atom is -0.507 e. The van der Waals surface area contributed by atoms with Crippen LogP contribution in [-0.4, -0.2) is 42.8 Å². The van der Waals surface area contributed by atoms with Crippen LogP contribution in [0.1, 0.15) is 22.5 Å². The maximum atomic E-state index is 12.6. The molecule has 0 saturated heterocycles. The van der Waals surface area contributed by atoms with Crippen molar-refractivity contribution in [2.45, 2.75) is 33.4 Å². The van der Waals surface area contributed by atoms with Crippen LogP contribution < -0.4 is 11.1 Å². The van der Waals surface area contributed by atoms with Crippen LogP contribution in [0.4, 0.5) is 0 Å². The molecule has 0 aliphatic carbocycles. The smallest absolute Gasteiger partial charge is 0.258 e. The van der Waals surface area contributed by atoms with E-state index in [0.29, 0.717) is 11.4 Å². The fraction of sp³-hybridized carbons (Fsp3) is 0.412. The third-order valence-corrected chi connectivity index (χ3v) is 4.17. The van der Waals surface area contributed by atoms with Gasteiger partial charge in [-0.1, -0.05) is 0 Å². The van der Waals surface area contributed by atoms with Gasteiger partial charge in [-0.2, -0.15) is 0 Å². The molecule has 0 aliphatic heterocycles. The van der Waals surface area contributed by atoms with E-state index >= 15 is 0 Å². The molecule has 4 N–H and O–H groups in total. The highest BCUT2D eigenvalue weighted by molar-refractivity contribution is 5.41. The Morgan fingerprint density at radius 3 is 1.48 bits per heavy atom. The number of nitrogens with zero attached hydrogens (tertiary/aromatic N) is 2. The zero-order valence-electron chi connectivity index (χ0n) is 14.2. The van der Waals surface area contributed by atoms with Gasteiger partial charge in [-0.3, -0.25) is 9.59 Å². The average molecular weight is 350 g/mol. The van der Waals surface area contributed by atoms with Gasteiger partial charge in [-0.05, 0) is 26.0 Å². The van der Waals surface area contributed by atoms with Crippen LogP contribution in [0, 0.1) is 13.8 Å². The van der Waals surface area contributed by atoms with Crippen LogP contribution in [0.5, 0.6) is 11.5 Å². The van der Waals surface area contributed by atoms with Crippen molar-refractivity contribution in [3.05, 3.63) is 55.4 Å². The first-order chi connectivity index (χ1) is 11.8. The molecule has 0 aliphatic rings. The number of aromatic nitrogens is 2. The Morgan fingerprint density at radius 1 is 0.800 bits per heavy atom. The average Bonchev–Trinajstić information content (AvgIpc) is 2.54. The molecule has 0 amide bonds. The summed E-state index contributed by atoms with van der Waals surface area (Å²) in [6.07, 6.45) is -0.257. The molecule has 0 atom stereocenters. The lowest BCUT2D eigenvalue weighted by molar-refractivity contribution is 0.272. The van der Waals surface area contributed by atoms with E-state index in [2.05, 4.69) is 0 Å². The molecule has 2 rings (SSSR count). The lowest BCUT2D eigenvalue weighted by Crippen LogP contribution is -2.30. The molecule has 0 spiro atoms. The van der Waals surface area contributed by atoms with Crippen LogP contribution >= 0.6 is 0 Å². The molecule has 0 saturated carbocycles. The lowest BCUT2D eigenvalue weighted by Gasteiger charge is -2.15. The van der Waals surface area contributed by atoms with Crippen molar-refractivity contribution in [2.24, 2.45) is 0 Å². The Labute approximate surface area is 143 Å². The van der Waals surface area contributed by atoms with Gasteiger partial charge in [0.25, 0.3) is 11.1 Å². The number of rotatable bonds is 6. The molecule has 136 valence electrons. The van der Waals surface area contributed by atoms with Crippen molar-refractivity contribution in [1.82, 2.24) is 9.13 Å². The van der Waals surface area contributed by atoms with Gasteiger partial charge < -0.3 is 29.6 Å². The zero-order chi connectivity index (χ0) is 18.7. The van der Waals surface area contributed by atoms with E-state index in [0.717, 1.165) is 0 Å². The topological polar surface area (TPSA) is 125 Å². The zero-order valence-corrected chi connectivity index (χ0v) is 14.2. The summed E-state index contributed by atoms with van der Waals surface area (Å²) in [4.78, 5) is 25.1. The Balaban J connectivity index is 2.61. The minimum atomic E-state index is -0.528. The molecule has 0 radical (unpaired) electrons. The van der Waals surface area contributed by atoms with E-state index in [1.54, 1.807) is 13.8 Å². The van der Waals surface area contributed by atoms with Crippen LogP contribution in [0.15, 0.2) is 21.7 Å². The highest BCUT2D eigenvalue weighted by Gasteiger charge is 2.19. The molecule has 2 aromatic heterocycles. The standard InChI is InChI=1S/C17H22N2O6/c1-10-7-14(22)12(16(24)18(10)3-5-20)9-13-15(23)8-11(2)19(4-6-21)17(13)25/h7-8,20-23H,3-6,9H2,1-2H3. The molecular weight excluding hydrogens is 328 g/mol. The van der Waals surface area contributed by atoms with Gasteiger partial charge in [-0.25, -0.2) is 0 Å². The number of hydrogen-bond acceptors (Lipinski definition) is 6. The van der Waals surface area contributed by atoms with Gasteiger partial charge >= 0.3 is 0 Å². The summed E-state index contributed by atoms with van der Waals surface area (Å²) in [7, 11) is 0. The SMILES string of the molecule is Cc1cc(O)c(Cc2c(O)cc(C)n(CCO)c2=O)c(=O)n1CCO. The summed E-state index contributed by atoms with van der Waals surface area (Å²) >= 11 is 0. The van der Waals surface area contributed by atoms with Gasteiger partial charge in [0, 0.05) is 30.9 Å². The number of aromatic hydroxyl groups is 2. The normalized spacial score (nSPS) is 11.0. The molecule has 2 heterocycles. The van der Waals surface area contributed by atoms with Crippen molar-refractivity contribution in [2.75, 3.05) is 13.2 Å². The summed E-state index contributed by atoms with van der Waals surface area (Å²) in [6.45, 7) is 2.88. The number of hydrogen-bond donors (Lipinski definition) is 4. The van der Waals surface area contributed by atoms with E-state index in [4.69, 9.17) is 10.2 Å². The van der Waals surface area contributed by atoms with E-state index in [9.17, 15) is 19.8 Å². The summed E-state index contributed by atoms with van der Waals surface area (Å²) in [5.74, 6) is -0.547. The third kappa shape index (κ3) is 3.59. The second kappa shape index (κ2) is 7.54. The van der Waals surface area contributed by atoms with Crippen molar-refractivity contribution in [3.63, 3.8) is 0 Å². The molecular formula is C17H22N2O6. The van der Waals surface area contributed by atoms with E-state index in [1.165, 1.54) is 21.3 Å². The fourth-order valence-corrected chi connectivity index (χ4v) is 2.86. The second-order valence-electron chi connectivity index (χ2n) is 5.84. The summed E-state index contributed by atoms with van der Waals surface area (Å²) < 4.78 is 2.60. The quantitative estimate of drug-likeness (QED) is 0.562. The Bertz CT molecular complexity index is 824. The predicted octanol–water partition coefficient (Wildman–Crippen LogP) is -0.387. The molecule has 25 heavy (non-hydrogen) atoms. The number of aryl methyl sites for hydroxylation is 2. The first-order valence-corrected chi connectivity index (χ1v) is 7.88. The predicted molar refractivity (Wildman–Crippen MR) is 91.2 cm³/mol. The van der Waals surface area contributed by atoms with Crippen LogP contribution in [-0.2, 0) is 19.5 Å². The van der Waals surface area contributed by atoms with Crippen molar-refractivity contribution in [1.29, 1.82) is 0 Å². The van der Waals surface area contributed by atoms with Gasteiger partial charge in [-0.15, -0.1) is 0 Å². The monoisotopic (exact) mass is 350 g/mol. The maximum Gasteiger partial charge on any atom is 0.258 e. The molecule has 0 aromatic carbocycles. The number of aliphatic hydroxyl groups excluding tert-OH is 2. The van der Waals surface area contributed by atoms with Gasteiger partial charge in [0.15, 0.2) is 0 Å². The van der Waals surface area contributed by atoms with Crippen LogP contribution in [0.25, 0.3) is 0 Å². The molecule has 8 nitrogen and oxygen atoms in total. The molecule has 0 unspecified atom stereocenters. The summed E-state index contributed by atoms with van der Waals surface area (Å²) in [5.41, 5.74) is -0.173. The molecule has 2 aromatic rings. The number of pyridine rings is 2.